The maximum atomic E-state index is 13.4. The Bertz CT molecular complexity index is 1080. The highest BCUT2D eigenvalue weighted by Gasteiger charge is 2.27. The normalized spacial score (nSPS) is 17.4. The van der Waals surface area contributed by atoms with Crippen LogP contribution >= 0.6 is 0 Å². The number of nitrogens with zero attached hydrogens (tertiary/aromatic N) is 3. The van der Waals surface area contributed by atoms with Crippen molar-refractivity contribution in [3.8, 4) is 5.75 Å². The van der Waals surface area contributed by atoms with E-state index in [1.807, 2.05) is 22.8 Å². The number of ether oxygens (including phenoxy) is 1. The number of pyridine rings is 1. The SMILES string of the molecule is CNC(=O)c1cn(C2CCCCC2)cc(C(=O)N2CCN(Cc3cccc(OC)c3)CC2)c1=O. The van der Waals surface area contributed by atoms with Crippen molar-refractivity contribution in [3.63, 3.8) is 0 Å². The Morgan fingerprint density at radius 1 is 1.03 bits per heavy atom. The largest absolute Gasteiger partial charge is 0.497 e. The first-order valence-electron chi connectivity index (χ1n) is 12.1. The zero-order valence-corrected chi connectivity index (χ0v) is 20.1. The van der Waals surface area contributed by atoms with Crippen LogP contribution in [0.3, 0.4) is 0 Å². The Balaban J connectivity index is 1.49. The van der Waals surface area contributed by atoms with Gasteiger partial charge in [0.2, 0.25) is 5.43 Å². The molecule has 8 heteroatoms. The number of rotatable bonds is 6. The van der Waals surface area contributed by atoms with Crippen LogP contribution in [0.1, 0.15) is 64.4 Å². The van der Waals surface area contributed by atoms with Crippen LogP contribution in [0.15, 0.2) is 41.5 Å². The first-order valence-corrected chi connectivity index (χ1v) is 12.1. The number of nitrogens with one attached hydrogen (secondary N) is 1. The van der Waals surface area contributed by atoms with Gasteiger partial charge in [-0.3, -0.25) is 19.3 Å². The quantitative estimate of drug-likeness (QED) is 0.708. The van der Waals surface area contributed by atoms with Crippen molar-refractivity contribution in [1.29, 1.82) is 0 Å². The van der Waals surface area contributed by atoms with E-state index in [0.29, 0.717) is 13.1 Å². The van der Waals surface area contributed by atoms with Crippen LogP contribution in [0.4, 0.5) is 0 Å². The molecule has 8 nitrogen and oxygen atoms in total. The summed E-state index contributed by atoms with van der Waals surface area (Å²) in [6, 6.07) is 8.20. The number of aromatic nitrogens is 1. The molecule has 0 bridgehead atoms. The molecule has 0 atom stereocenters. The predicted molar refractivity (Wildman–Crippen MR) is 130 cm³/mol. The lowest BCUT2D eigenvalue weighted by Gasteiger charge is -2.35. The second-order valence-electron chi connectivity index (χ2n) is 9.15. The van der Waals surface area contributed by atoms with E-state index >= 15 is 0 Å². The molecule has 1 N–H and O–H groups in total. The molecule has 182 valence electrons. The topological polar surface area (TPSA) is 83.9 Å². The van der Waals surface area contributed by atoms with E-state index in [-0.39, 0.29) is 23.1 Å². The van der Waals surface area contributed by atoms with Gasteiger partial charge in [-0.25, -0.2) is 0 Å². The molecule has 1 aromatic carbocycles. The standard InChI is InChI=1S/C26H34N4O4/c1-27-25(32)22-17-30(20-8-4-3-5-9-20)18-23(24(22)31)26(33)29-13-11-28(12-14-29)16-19-7-6-10-21(15-19)34-2/h6-7,10,15,17-18,20H,3-5,8-9,11-14,16H2,1-2H3,(H,27,32). The summed E-state index contributed by atoms with van der Waals surface area (Å²) in [5.74, 6) is 0.0882. The molecular formula is C26H34N4O4. The van der Waals surface area contributed by atoms with Crippen molar-refractivity contribution >= 4 is 11.8 Å². The lowest BCUT2D eigenvalue weighted by atomic mass is 9.95. The lowest BCUT2D eigenvalue weighted by Crippen LogP contribution is -2.49. The summed E-state index contributed by atoms with van der Waals surface area (Å²) in [7, 11) is 3.16. The number of carbonyl (C=O) groups is 2. The zero-order valence-electron chi connectivity index (χ0n) is 20.1. The molecule has 1 aliphatic carbocycles. The van der Waals surface area contributed by atoms with Gasteiger partial charge >= 0.3 is 0 Å². The highest BCUT2D eigenvalue weighted by molar-refractivity contribution is 5.99. The van der Waals surface area contributed by atoms with Crippen molar-refractivity contribution in [2.75, 3.05) is 40.3 Å². The van der Waals surface area contributed by atoms with Crippen LogP contribution in [0.5, 0.6) is 5.75 Å². The average Bonchev–Trinajstić information content (AvgIpc) is 2.89. The molecule has 0 spiro atoms. The molecule has 2 fully saturated rings. The van der Waals surface area contributed by atoms with Gasteiger partial charge in [0.05, 0.1) is 7.11 Å². The second-order valence-corrected chi connectivity index (χ2v) is 9.15. The Morgan fingerprint density at radius 3 is 2.41 bits per heavy atom. The Morgan fingerprint density at radius 2 is 1.74 bits per heavy atom. The minimum atomic E-state index is -0.491. The number of hydrogen-bond acceptors (Lipinski definition) is 5. The van der Waals surface area contributed by atoms with Crippen LogP contribution in [0.25, 0.3) is 0 Å². The first kappa shape index (κ1) is 24.0. The Labute approximate surface area is 200 Å². The van der Waals surface area contributed by atoms with Crippen LogP contribution in [0, 0.1) is 0 Å². The molecule has 2 heterocycles. The van der Waals surface area contributed by atoms with Crippen molar-refractivity contribution < 1.29 is 14.3 Å². The number of hydrogen-bond donors (Lipinski definition) is 1. The first-order chi connectivity index (χ1) is 16.5. The summed E-state index contributed by atoms with van der Waals surface area (Å²) >= 11 is 0. The molecule has 2 aliphatic rings. The van der Waals surface area contributed by atoms with Crippen molar-refractivity contribution in [2.24, 2.45) is 0 Å². The number of amides is 2. The van der Waals surface area contributed by atoms with Crippen molar-refractivity contribution in [2.45, 2.75) is 44.7 Å². The fraction of sp³-hybridized carbons (Fsp3) is 0.500. The van der Waals surface area contributed by atoms with Gasteiger partial charge in [0.1, 0.15) is 16.9 Å². The molecule has 2 aromatic rings. The van der Waals surface area contributed by atoms with E-state index in [0.717, 1.165) is 56.6 Å². The summed E-state index contributed by atoms with van der Waals surface area (Å²) in [6.45, 7) is 3.29. The van der Waals surface area contributed by atoms with Gasteiger partial charge in [0.15, 0.2) is 0 Å². The average molecular weight is 467 g/mol. The third-order valence-corrected chi connectivity index (χ3v) is 6.94. The summed E-state index contributed by atoms with van der Waals surface area (Å²) in [5, 5.41) is 2.54. The highest BCUT2D eigenvalue weighted by Crippen LogP contribution is 2.28. The van der Waals surface area contributed by atoms with E-state index < -0.39 is 11.3 Å². The number of benzene rings is 1. The molecular weight excluding hydrogens is 432 g/mol. The van der Waals surface area contributed by atoms with Gasteiger partial charge in [-0.2, -0.15) is 0 Å². The molecule has 1 saturated heterocycles. The number of carbonyl (C=O) groups excluding carboxylic acids is 2. The van der Waals surface area contributed by atoms with E-state index in [2.05, 4.69) is 16.3 Å². The number of methoxy groups -OCH3 is 1. The minimum Gasteiger partial charge on any atom is -0.497 e. The predicted octanol–water partition coefficient (Wildman–Crippen LogP) is 2.68. The van der Waals surface area contributed by atoms with E-state index in [4.69, 9.17) is 4.74 Å². The van der Waals surface area contributed by atoms with Crippen LogP contribution in [0.2, 0.25) is 0 Å². The smallest absolute Gasteiger partial charge is 0.259 e. The van der Waals surface area contributed by atoms with E-state index in [1.54, 1.807) is 24.4 Å². The molecule has 2 amide bonds. The molecule has 34 heavy (non-hydrogen) atoms. The van der Waals surface area contributed by atoms with Gasteiger partial charge in [-0.1, -0.05) is 31.4 Å². The zero-order chi connectivity index (χ0) is 24.1. The summed E-state index contributed by atoms with van der Waals surface area (Å²) < 4.78 is 7.24. The lowest BCUT2D eigenvalue weighted by molar-refractivity contribution is 0.0626. The van der Waals surface area contributed by atoms with Gasteiger partial charge in [-0.15, -0.1) is 0 Å². The Hall–Kier alpha value is -3.13. The summed E-state index contributed by atoms with van der Waals surface area (Å²) in [4.78, 5) is 43.0. The summed E-state index contributed by atoms with van der Waals surface area (Å²) in [6.07, 6.45) is 8.72. The van der Waals surface area contributed by atoms with Crippen molar-refractivity contribution in [3.05, 3.63) is 63.6 Å². The Kier molecular flexibility index (Phi) is 7.67. The van der Waals surface area contributed by atoms with Gasteiger partial charge < -0.3 is 19.5 Å². The molecule has 4 rings (SSSR count). The molecule has 0 unspecified atom stereocenters. The fourth-order valence-corrected chi connectivity index (χ4v) is 4.94. The van der Waals surface area contributed by atoms with Gasteiger partial charge in [-0.05, 0) is 30.5 Å². The molecule has 1 aromatic heterocycles. The maximum absolute atomic E-state index is 13.4. The number of piperazine rings is 1. The molecule has 1 saturated carbocycles. The van der Waals surface area contributed by atoms with Crippen LogP contribution < -0.4 is 15.5 Å². The second kappa shape index (κ2) is 10.9. The fourth-order valence-electron chi connectivity index (χ4n) is 4.94. The monoisotopic (exact) mass is 466 g/mol. The maximum Gasteiger partial charge on any atom is 0.259 e. The van der Waals surface area contributed by atoms with Gasteiger partial charge in [0.25, 0.3) is 11.8 Å². The third kappa shape index (κ3) is 5.33. The van der Waals surface area contributed by atoms with E-state index in [9.17, 15) is 14.4 Å². The minimum absolute atomic E-state index is 0.0376. The van der Waals surface area contributed by atoms with Crippen LogP contribution in [-0.2, 0) is 6.54 Å². The van der Waals surface area contributed by atoms with Gasteiger partial charge in [0, 0.05) is 58.2 Å². The van der Waals surface area contributed by atoms with Crippen LogP contribution in [-0.4, -0.2) is 66.5 Å². The molecule has 1 aliphatic heterocycles. The van der Waals surface area contributed by atoms with Crippen molar-refractivity contribution in [1.82, 2.24) is 19.7 Å². The van der Waals surface area contributed by atoms with E-state index in [1.165, 1.54) is 13.5 Å². The third-order valence-electron chi connectivity index (χ3n) is 6.94. The highest BCUT2D eigenvalue weighted by atomic mass is 16.5. The summed E-state index contributed by atoms with van der Waals surface area (Å²) in [5.41, 5.74) is 0.798. The molecule has 0 radical (unpaired) electrons.